The fourth-order valence-corrected chi connectivity index (χ4v) is 1.73. The second-order valence-corrected chi connectivity index (χ2v) is 4.22. The Hall–Kier alpha value is 0.0500. The Morgan fingerprint density at radius 1 is 1.23 bits per heavy atom. The second kappa shape index (κ2) is 4.52. The first-order chi connectivity index (χ1) is 6.02. The summed E-state index contributed by atoms with van der Waals surface area (Å²) in [6.45, 7) is 0. The van der Waals surface area contributed by atoms with Crippen LogP contribution in [-0.2, 0) is 0 Å². The topological polar surface area (TPSA) is 3.24 Å². The molecule has 0 aromatic heterocycles. The molecule has 0 saturated carbocycles. The fourth-order valence-electron chi connectivity index (χ4n) is 0.973. The van der Waals surface area contributed by atoms with Gasteiger partial charge in [-0.25, -0.2) is 0 Å². The number of nitrogens with zero attached hydrogens (tertiary/aromatic N) is 1. The molecule has 0 bridgehead atoms. The van der Waals surface area contributed by atoms with E-state index in [-0.39, 0.29) is 5.50 Å². The Morgan fingerprint density at radius 3 is 2.31 bits per heavy atom. The van der Waals surface area contributed by atoms with Crippen LogP contribution in [-0.4, -0.2) is 19.0 Å². The minimum Gasteiger partial charge on any atom is -0.290 e. The summed E-state index contributed by atoms with van der Waals surface area (Å²) < 4.78 is 0. The van der Waals surface area contributed by atoms with E-state index in [2.05, 4.69) is 0 Å². The highest BCUT2D eigenvalue weighted by atomic mass is 35.5. The standard InChI is InChI=1S/C9H10Cl3N/c1-13(2)9(12)7-4-3-6(10)5-8(7)11/h3-5,9H,1-2H3. The third kappa shape index (κ3) is 2.75. The minimum absolute atomic E-state index is 0.218. The molecule has 1 aromatic carbocycles. The highest BCUT2D eigenvalue weighted by Gasteiger charge is 2.13. The number of hydrogen-bond acceptors (Lipinski definition) is 1. The molecule has 0 N–H and O–H groups in total. The van der Waals surface area contributed by atoms with Gasteiger partial charge in [0.05, 0.1) is 0 Å². The van der Waals surface area contributed by atoms with Crippen LogP contribution in [0.5, 0.6) is 0 Å². The van der Waals surface area contributed by atoms with Crippen LogP contribution in [0.4, 0.5) is 0 Å². The molecule has 0 saturated heterocycles. The smallest absolute Gasteiger partial charge is 0.112 e. The number of hydrogen-bond donors (Lipinski definition) is 0. The summed E-state index contributed by atoms with van der Waals surface area (Å²) in [5.41, 5.74) is 0.655. The first-order valence-corrected chi connectivity index (χ1v) is 4.97. The fraction of sp³-hybridized carbons (Fsp3) is 0.333. The molecule has 1 atom stereocenters. The Labute approximate surface area is 93.2 Å². The lowest BCUT2D eigenvalue weighted by atomic mass is 10.2. The van der Waals surface area contributed by atoms with Crippen molar-refractivity contribution < 1.29 is 0 Å². The maximum Gasteiger partial charge on any atom is 0.112 e. The number of alkyl halides is 1. The first kappa shape index (κ1) is 11.1. The summed E-state index contributed by atoms with van der Waals surface area (Å²) in [6.07, 6.45) is 0. The van der Waals surface area contributed by atoms with Crippen molar-refractivity contribution in [3.8, 4) is 0 Å². The molecule has 0 fully saturated rings. The van der Waals surface area contributed by atoms with Gasteiger partial charge in [-0.1, -0.05) is 29.3 Å². The predicted molar refractivity (Wildman–Crippen MR) is 58.7 cm³/mol. The van der Waals surface area contributed by atoms with Crippen LogP contribution in [0, 0.1) is 0 Å². The zero-order valence-electron chi connectivity index (χ0n) is 7.39. The van der Waals surface area contributed by atoms with Crippen molar-refractivity contribution in [1.29, 1.82) is 0 Å². The van der Waals surface area contributed by atoms with Crippen LogP contribution >= 0.6 is 34.8 Å². The second-order valence-electron chi connectivity index (χ2n) is 2.97. The van der Waals surface area contributed by atoms with Gasteiger partial charge in [0.15, 0.2) is 0 Å². The van der Waals surface area contributed by atoms with Crippen molar-refractivity contribution in [3.63, 3.8) is 0 Å². The first-order valence-electron chi connectivity index (χ1n) is 3.78. The molecule has 0 heterocycles. The Morgan fingerprint density at radius 2 is 1.85 bits per heavy atom. The van der Waals surface area contributed by atoms with Crippen molar-refractivity contribution in [2.24, 2.45) is 0 Å². The minimum atomic E-state index is -0.218. The van der Waals surface area contributed by atoms with Gasteiger partial charge in [-0.15, -0.1) is 11.6 Å². The zero-order valence-corrected chi connectivity index (χ0v) is 9.66. The van der Waals surface area contributed by atoms with Gasteiger partial charge < -0.3 is 0 Å². The van der Waals surface area contributed by atoms with E-state index in [9.17, 15) is 0 Å². The van der Waals surface area contributed by atoms with Crippen molar-refractivity contribution in [2.45, 2.75) is 5.50 Å². The van der Waals surface area contributed by atoms with Crippen LogP contribution in [0.25, 0.3) is 0 Å². The molecule has 1 nitrogen and oxygen atoms in total. The maximum atomic E-state index is 6.10. The molecular weight excluding hydrogens is 228 g/mol. The van der Waals surface area contributed by atoms with E-state index in [1.54, 1.807) is 12.1 Å². The summed E-state index contributed by atoms with van der Waals surface area (Å²) in [5, 5.41) is 1.22. The average Bonchev–Trinajstić information content (AvgIpc) is 2.03. The SMILES string of the molecule is CN(C)C(Cl)c1ccc(Cl)cc1Cl. The Balaban J connectivity index is 3.01. The number of halogens is 3. The summed E-state index contributed by atoms with van der Waals surface area (Å²) in [6, 6.07) is 5.31. The van der Waals surface area contributed by atoms with Crippen LogP contribution in [0.2, 0.25) is 10.0 Å². The van der Waals surface area contributed by atoms with Crippen LogP contribution in [0.1, 0.15) is 11.1 Å². The molecule has 4 heteroatoms. The van der Waals surface area contributed by atoms with Crippen molar-refractivity contribution in [1.82, 2.24) is 4.90 Å². The van der Waals surface area contributed by atoms with Gasteiger partial charge >= 0.3 is 0 Å². The molecule has 1 rings (SSSR count). The molecule has 72 valence electrons. The molecule has 0 amide bonds. The normalized spacial score (nSPS) is 13.4. The lowest BCUT2D eigenvalue weighted by molar-refractivity contribution is 0.385. The van der Waals surface area contributed by atoms with E-state index >= 15 is 0 Å². The Bertz CT molecular complexity index is 299. The molecule has 1 unspecified atom stereocenters. The van der Waals surface area contributed by atoms with Crippen LogP contribution in [0.15, 0.2) is 18.2 Å². The van der Waals surface area contributed by atoms with Crippen molar-refractivity contribution in [3.05, 3.63) is 33.8 Å². The molecule has 1 aromatic rings. The van der Waals surface area contributed by atoms with E-state index in [0.29, 0.717) is 10.0 Å². The van der Waals surface area contributed by atoms with Gasteiger partial charge in [0.2, 0.25) is 0 Å². The van der Waals surface area contributed by atoms with Gasteiger partial charge in [-0.3, -0.25) is 4.90 Å². The van der Waals surface area contributed by atoms with Gasteiger partial charge in [-0.05, 0) is 26.2 Å². The maximum absolute atomic E-state index is 6.10. The van der Waals surface area contributed by atoms with E-state index in [0.717, 1.165) is 5.56 Å². The van der Waals surface area contributed by atoms with Crippen molar-refractivity contribution in [2.75, 3.05) is 14.1 Å². The molecule has 0 spiro atoms. The quantitative estimate of drug-likeness (QED) is 0.560. The monoisotopic (exact) mass is 237 g/mol. The number of benzene rings is 1. The highest BCUT2D eigenvalue weighted by Crippen LogP contribution is 2.30. The van der Waals surface area contributed by atoms with Crippen LogP contribution < -0.4 is 0 Å². The molecule has 0 radical (unpaired) electrons. The van der Waals surface area contributed by atoms with Crippen molar-refractivity contribution >= 4 is 34.8 Å². The molecule has 0 aliphatic carbocycles. The average molecular weight is 239 g/mol. The molecular formula is C9H10Cl3N. The van der Waals surface area contributed by atoms with E-state index < -0.39 is 0 Å². The third-order valence-electron chi connectivity index (χ3n) is 1.67. The summed E-state index contributed by atoms with van der Waals surface area (Å²) in [4.78, 5) is 1.87. The highest BCUT2D eigenvalue weighted by molar-refractivity contribution is 6.35. The van der Waals surface area contributed by atoms with E-state index in [4.69, 9.17) is 34.8 Å². The van der Waals surface area contributed by atoms with Crippen LogP contribution in [0.3, 0.4) is 0 Å². The summed E-state index contributed by atoms with van der Waals surface area (Å²) in [5.74, 6) is 0. The Kier molecular flexibility index (Phi) is 3.87. The predicted octanol–water partition coefficient (Wildman–Crippen LogP) is 3.79. The lowest BCUT2D eigenvalue weighted by Crippen LogP contribution is -2.14. The lowest BCUT2D eigenvalue weighted by Gasteiger charge is -2.18. The van der Waals surface area contributed by atoms with Gasteiger partial charge in [0, 0.05) is 15.6 Å². The summed E-state index contributed by atoms with van der Waals surface area (Å²) >= 11 is 17.8. The summed E-state index contributed by atoms with van der Waals surface area (Å²) in [7, 11) is 3.78. The van der Waals surface area contributed by atoms with Gasteiger partial charge in [0.1, 0.15) is 5.50 Å². The van der Waals surface area contributed by atoms with E-state index in [1.165, 1.54) is 0 Å². The van der Waals surface area contributed by atoms with E-state index in [1.807, 2.05) is 25.1 Å². The third-order valence-corrected chi connectivity index (χ3v) is 2.86. The zero-order chi connectivity index (χ0) is 10.0. The van der Waals surface area contributed by atoms with Gasteiger partial charge in [0.25, 0.3) is 0 Å². The van der Waals surface area contributed by atoms with Gasteiger partial charge in [-0.2, -0.15) is 0 Å². The largest absolute Gasteiger partial charge is 0.290 e. The molecule has 0 aliphatic heterocycles. The number of rotatable bonds is 2. The molecule has 0 aliphatic rings. The molecule has 13 heavy (non-hydrogen) atoms.